The van der Waals surface area contributed by atoms with Crippen LogP contribution in [0.5, 0.6) is 5.75 Å². The molecule has 3 nitrogen and oxygen atoms in total. The molecule has 0 amide bonds. The summed E-state index contributed by atoms with van der Waals surface area (Å²) >= 11 is 1.57. The summed E-state index contributed by atoms with van der Waals surface area (Å²) in [6, 6.07) is 7.93. The molecule has 96 valence electrons. The predicted octanol–water partition coefficient (Wildman–Crippen LogP) is 2.82. The molecular weight excluding hydrogens is 246 g/mol. The largest absolute Gasteiger partial charge is 0.493 e. The lowest BCUT2D eigenvalue weighted by Gasteiger charge is -2.10. The van der Waals surface area contributed by atoms with Crippen LogP contribution in [0.2, 0.25) is 0 Å². The minimum Gasteiger partial charge on any atom is -0.493 e. The smallest absolute Gasteiger partial charge is 0.119 e. The molecule has 0 spiro atoms. The van der Waals surface area contributed by atoms with Gasteiger partial charge in [0.25, 0.3) is 0 Å². The maximum absolute atomic E-state index is 9.85. The molecule has 1 heterocycles. The van der Waals surface area contributed by atoms with Crippen LogP contribution in [0.4, 0.5) is 0 Å². The van der Waals surface area contributed by atoms with Gasteiger partial charge in [0.05, 0.1) is 18.2 Å². The molecule has 0 aliphatic carbocycles. The van der Waals surface area contributed by atoms with Crippen LogP contribution in [0.3, 0.4) is 0 Å². The van der Waals surface area contributed by atoms with Crippen LogP contribution in [0.15, 0.2) is 36.0 Å². The Hall–Kier alpha value is -1.39. The van der Waals surface area contributed by atoms with Crippen LogP contribution in [0.25, 0.3) is 0 Å². The third-order valence-electron chi connectivity index (χ3n) is 2.63. The zero-order valence-corrected chi connectivity index (χ0v) is 11.2. The molecule has 1 unspecified atom stereocenters. The number of thiazole rings is 1. The molecule has 1 aromatic heterocycles. The van der Waals surface area contributed by atoms with Crippen LogP contribution in [0.1, 0.15) is 16.9 Å². The van der Waals surface area contributed by atoms with Crippen molar-refractivity contribution in [3.8, 4) is 5.75 Å². The second-order valence-electron chi connectivity index (χ2n) is 4.28. The molecule has 0 radical (unpaired) electrons. The maximum Gasteiger partial charge on any atom is 0.119 e. The van der Waals surface area contributed by atoms with Crippen molar-refractivity contribution in [3.63, 3.8) is 0 Å². The van der Waals surface area contributed by atoms with Crippen molar-refractivity contribution in [1.82, 2.24) is 4.98 Å². The summed E-state index contributed by atoms with van der Waals surface area (Å²) in [4.78, 5) is 5.10. The van der Waals surface area contributed by atoms with E-state index in [0.717, 1.165) is 10.6 Å². The second-order valence-corrected chi connectivity index (χ2v) is 5.25. The summed E-state index contributed by atoms with van der Waals surface area (Å²) in [5.41, 5.74) is 2.96. The highest BCUT2D eigenvalue weighted by atomic mass is 32.1. The summed E-state index contributed by atoms with van der Waals surface area (Å²) in [5, 5.41) is 9.85. The summed E-state index contributed by atoms with van der Waals surface area (Å²) in [6.45, 7) is 2.56. The van der Waals surface area contributed by atoms with Crippen LogP contribution in [-0.2, 0) is 6.42 Å². The van der Waals surface area contributed by atoms with Gasteiger partial charge < -0.3 is 9.84 Å². The minimum absolute atomic E-state index is 0.366. The minimum atomic E-state index is -0.366. The van der Waals surface area contributed by atoms with E-state index in [0.29, 0.717) is 19.4 Å². The standard InChI is InChI=1S/C14H17NO2S/c1-11-3-2-4-13(7-11)17-6-5-12(16)8-14-9-15-10-18-14/h2-4,7,9-10,12,16H,5-6,8H2,1H3. The molecule has 0 fully saturated rings. The van der Waals surface area contributed by atoms with E-state index in [1.165, 1.54) is 5.56 Å². The maximum atomic E-state index is 9.85. The number of hydrogen-bond acceptors (Lipinski definition) is 4. The van der Waals surface area contributed by atoms with Gasteiger partial charge in [0.1, 0.15) is 5.75 Å². The molecule has 0 aliphatic rings. The molecule has 18 heavy (non-hydrogen) atoms. The van der Waals surface area contributed by atoms with Gasteiger partial charge >= 0.3 is 0 Å². The van der Waals surface area contributed by atoms with Gasteiger partial charge in [-0.25, -0.2) is 0 Å². The first-order valence-corrected chi connectivity index (χ1v) is 6.87. The highest BCUT2D eigenvalue weighted by Gasteiger charge is 2.07. The zero-order valence-electron chi connectivity index (χ0n) is 10.4. The first-order valence-electron chi connectivity index (χ1n) is 5.99. The Morgan fingerprint density at radius 1 is 1.44 bits per heavy atom. The van der Waals surface area contributed by atoms with E-state index in [9.17, 15) is 5.11 Å². The van der Waals surface area contributed by atoms with E-state index in [-0.39, 0.29) is 6.10 Å². The summed E-state index contributed by atoms with van der Waals surface area (Å²) in [5.74, 6) is 0.861. The first-order chi connectivity index (χ1) is 8.74. The van der Waals surface area contributed by atoms with E-state index >= 15 is 0 Å². The van der Waals surface area contributed by atoms with Gasteiger partial charge in [-0.1, -0.05) is 12.1 Å². The Morgan fingerprint density at radius 3 is 3.06 bits per heavy atom. The molecule has 4 heteroatoms. The fraction of sp³-hybridized carbons (Fsp3) is 0.357. The fourth-order valence-corrected chi connectivity index (χ4v) is 2.36. The number of aromatic nitrogens is 1. The molecule has 2 rings (SSSR count). The molecule has 0 aliphatic heterocycles. The van der Waals surface area contributed by atoms with Crippen LogP contribution < -0.4 is 4.74 Å². The number of rotatable bonds is 6. The van der Waals surface area contributed by atoms with Crippen molar-refractivity contribution in [3.05, 3.63) is 46.4 Å². The van der Waals surface area contributed by atoms with Gasteiger partial charge in [-0.15, -0.1) is 11.3 Å². The number of nitrogens with zero attached hydrogens (tertiary/aromatic N) is 1. The van der Waals surface area contributed by atoms with Crippen molar-refractivity contribution < 1.29 is 9.84 Å². The monoisotopic (exact) mass is 263 g/mol. The molecule has 1 aromatic carbocycles. The van der Waals surface area contributed by atoms with Crippen LogP contribution >= 0.6 is 11.3 Å². The Balaban J connectivity index is 1.72. The third-order valence-corrected chi connectivity index (χ3v) is 3.43. The Labute approximate surface area is 111 Å². The predicted molar refractivity (Wildman–Crippen MR) is 73.1 cm³/mol. The average molecular weight is 263 g/mol. The average Bonchev–Trinajstić information content (AvgIpc) is 2.82. The summed E-state index contributed by atoms with van der Waals surface area (Å²) in [6.07, 6.45) is 2.72. The zero-order chi connectivity index (χ0) is 12.8. The van der Waals surface area contributed by atoms with Crippen LogP contribution in [-0.4, -0.2) is 22.8 Å². The van der Waals surface area contributed by atoms with Crippen molar-refractivity contribution in [2.45, 2.75) is 25.9 Å². The number of ether oxygens (including phenoxy) is 1. The van der Waals surface area contributed by atoms with Crippen molar-refractivity contribution in [1.29, 1.82) is 0 Å². The Morgan fingerprint density at radius 2 is 2.33 bits per heavy atom. The quantitative estimate of drug-likeness (QED) is 0.871. The highest BCUT2D eigenvalue weighted by molar-refractivity contribution is 7.09. The molecule has 1 N–H and O–H groups in total. The number of aliphatic hydroxyl groups is 1. The Kier molecular flexibility index (Phi) is 4.73. The summed E-state index contributed by atoms with van der Waals surface area (Å²) in [7, 11) is 0. The molecule has 2 aromatic rings. The van der Waals surface area contributed by atoms with E-state index in [2.05, 4.69) is 4.98 Å². The number of hydrogen-bond donors (Lipinski definition) is 1. The van der Waals surface area contributed by atoms with E-state index < -0.39 is 0 Å². The Bertz CT molecular complexity index is 470. The molecule has 0 saturated carbocycles. The highest BCUT2D eigenvalue weighted by Crippen LogP contribution is 2.14. The van der Waals surface area contributed by atoms with E-state index in [1.807, 2.05) is 31.2 Å². The van der Waals surface area contributed by atoms with Gasteiger partial charge in [-0.3, -0.25) is 4.98 Å². The molecule has 0 bridgehead atoms. The molecule has 1 atom stereocenters. The SMILES string of the molecule is Cc1cccc(OCCC(O)Cc2cncs2)c1. The lowest BCUT2D eigenvalue weighted by molar-refractivity contribution is 0.140. The number of aryl methyl sites for hydroxylation is 1. The first kappa shape index (κ1) is 13.1. The topological polar surface area (TPSA) is 42.4 Å². The van der Waals surface area contributed by atoms with Crippen LogP contribution in [0, 0.1) is 6.92 Å². The fourth-order valence-electron chi connectivity index (χ4n) is 1.70. The molecular formula is C14H17NO2S. The third kappa shape index (κ3) is 4.13. The van der Waals surface area contributed by atoms with Gasteiger partial charge in [-0.05, 0) is 24.6 Å². The van der Waals surface area contributed by atoms with Crippen molar-refractivity contribution >= 4 is 11.3 Å². The lowest BCUT2D eigenvalue weighted by atomic mass is 10.2. The van der Waals surface area contributed by atoms with Gasteiger partial charge in [0.15, 0.2) is 0 Å². The number of benzene rings is 1. The van der Waals surface area contributed by atoms with Crippen molar-refractivity contribution in [2.24, 2.45) is 0 Å². The lowest BCUT2D eigenvalue weighted by Crippen LogP contribution is -2.14. The number of aliphatic hydroxyl groups excluding tert-OH is 1. The second kappa shape index (κ2) is 6.52. The van der Waals surface area contributed by atoms with Crippen molar-refractivity contribution in [2.75, 3.05) is 6.61 Å². The van der Waals surface area contributed by atoms with Gasteiger partial charge in [0, 0.05) is 23.9 Å². The summed E-state index contributed by atoms with van der Waals surface area (Å²) < 4.78 is 5.60. The molecule has 0 saturated heterocycles. The van der Waals surface area contributed by atoms with Gasteiger partial charge in [-0.2, -0.15) is 0 Å². The van der Waals surface area contributed by atoms with Gasteiger partial charge in [0.2, 0.25) is 0 Å². The van der Waals surface area contributed by atoms with E-state index in [1.54, 1.807) is 23.0 Å². The normalized spacial score (nSPS) is 12.3. The van der Waals surface area contributed by atoms with E-state index in [4.69, 9.17) is 4.74 Å².